The highest BCUT2D eigenvalue weighted by Crippen LogP contribution is 2.29. The number of nitro benzene ring substituents is 2. The number of rotatable bonds is 5. The molecule has 0 heterocycles. The van der Waals surface area contributed by atoms with Crippen LogP contribution in [0.4, 0.5) is 11.4 Å². The van der Waals surface area contributed by atoms with Crippen LogP contribution in [0.5, 0.6) is 0 Å². The first-order valence-corrected chi connectivity index (χ1v) is 6.33. The van der Waals surface area contributed by atoms with Crippen molar-refractivity contribution in [3.8, 4) is 0 Å². The Balaban J connectivity index is 2.59. The van der Waals surface area contributed by atoms with Crippen molar-refractivity contribution < 1.29 is 15.0 Å². The largest absolute Gasteiger partial charge is 0.392 e. The van der Waals surface area contributed by atoms with Gasteiger partial charge in [0, 0.05) is 12.1 Å². The van der Waals surface area contributed by atoms with Gasteiger partial charge in [-0.1, -0.05) is 24.3 Å². The first-order valence-electron chi connectivity index (χ1n) is 6.33. The van der Waals surface area contributed by atoms with E-state index < -0.39 is 16.5 Å². The van der Waals surface area contributed by atoms with Crippen molar-refractivity contribution in [2.45, 2.75) is 0 Å². The molecule has 0 bridgehead atoms. The maximum Gasteiger partial charge on any atom is 0.276 e. The summed E-state index contributed by atoms with van der Waals surface area (Å²) in [5.41, 5.74) is 0.442. The molecule has 0 unspecified atom stereocenters. The van der Waals surface area contributed by atoms with E-state index in [0.29, 0.717) is 0 Å². The van der Waals surface area contributed by atoms with Crippen LogP contribution in [-0.4, -0.2) is 21.6 Å². The maximum absolute atomic E-state index is 11.1. The number of para-hydroxylation sites is 2. The van der Waals surface area contributed by atoms with E-state index in [4.69, 9.17) is 0 Å². The van der Waals surface area contributed by atoms with Crippen molar-refractivity contribution in [3.05, 3.63) is 79.9 Å². The van der Waals surface area contributed by atoms with Crippen molar-refractivity contribution in [1.29, 1.82) is 0 Å². The van der Waals surface area contributed by atoms with E-state index in [-0.39, 0.29) is 28.1 Å². The average Bonchev–Trinajstić information content (AvgIpc) is 2.52. The molecule has 2 aromatic rings. The van der Waals surface area contributed by atoms with Crippen molar-refractivity contribution >= 4 is 23.0 Å². The highest BCUT2D eigenvalue weighted by atomic mass is 16.6. The molecule has 1 N–H and O–H groups in total. The zero-order chi connectivity index (χ0) is 16.1. The summed E-state index contributed by atoms with van der Waals surface area (Å²) in [7, 11) is 0. The van der Waals surface area contributed by atoms with Crippen molar-refractivity contribution in [2.75, 3.05) is 6.61 Å². The second-order valence-electron chi connectivity index (χ2n) is 4.42. The van der Waals surface area contributed by atoms with Crippen molar-refractivity contribution in [2.24, 2.45) is 0 Å². The quantitative estimate of drug-likeness (QED) is 0.519. The summed E-state index contributed by atoms with van der Waals surface area (Å²) >= 11 is 0. The van der Waals surface area contributed by atoms with Crippen LogP contribution >= 0.6 is 0 Å². The Kier molecular flexibility index (Phi) is 4.60. The summed E-state index contributed by atoms with van der Waals surface area (Å²) < 4.78 is 0. The molecule has 0 aliphatic heterocycles. The lowest BCUT2D eigenvalue weighted by Crippen LogP contribution is -1.98. The van der Waals surface area contributed by atoms with Gasteiger partial charge in [0.15, 0.2) is 0 Å². The van der Waals surface area contributed by atoms with E-state index in [2.05, 4.69) is 0 Å². The zero-order valence-corrected chi connectivity index (χ0v) is 11.4. The molecular formula is C15H12N2O5. The van der Waals surface area contributed by atoms with Gasteiger partial charge >= 0.3 is 0 Å². The van der Waals surface area contributed by atoms with Gasteiger partial charge in [-0.2, -0.15) is 0 Å². The number of nitro groups is 2. The smallest absolute Gasteiger partial charge is 0.276 e. The SMILES string of the molecule is O=[N+]([O-])c1ccccc1/C=C(/CO)c1ccccc1[N+](=O)[O-]. The Morgan fingerprint density at radius 1 is 0.955 bits per heavy atom. The monoisotopic (exact) mass is 300 g/mol. The number of aliphatic hydroxyl groups is 1. The second kappa shape index (κ2) is 6.59. The number of nitrogens with zero attached hydrogens (tertiary/aromatic N) is 2. The summed E-state index contributed by atoms with van der Waals surface area (Å²) in [6.45, 7) is -0.475. The van der Waals surface area contributed by atoms with Crippen LogP contribution in [-0.2, 0) is 0 Å². The topological polar surface area (TPSA) is 107 Å². The van der Waals surface area contributed by atoms with Gasteiger partial charge in [-0.15, -0.1) is 0 Å². The summed E-state index contributed by atoms with van der Waals surface area (Å²) in [5, 5.41) is 31.6. The molecule has 22 heavy (non-hydrogen) atoms. The summed E-state index contributed by atoms with van der Waals surface area (Å²) in [5.74, 6) is 0. The minimum absolute atomic E-state index is 0.132. The molecule has 0 fully saturated rings. The minimum atomic E-state index is -0.557. The van der Waals surface area contributed by atoms with E-state index in [0.717, 1.165) is 0 Å². The molecule has 0 saturated carbocycles. The fourth-order valence-electron chi connectivity index (χ4n) is 2.08. The fraction of sp³-hybridized carbons (Fsp3) is 0.0667. The van der Waals surface area contributed by atoms with Crippen LogP contribution in [0.25, 0.3) is 11.6 Å². The Hall–Kier alpha value is -3.06. The molecule has 2 rings (SSSR count). The zero-order valence-electron chi connectivity index (χ0n) is 11.4. The second-order valence-corrected chi connectivity index (χ2v) is 4.42. The molecule has 0 atom stereocenters. The molecule has 0 spiro atoms. The van der Waals surface area contributed by atoms with Crippen LogP contribution in [0.15, 0.2) is 48.5 Å². The Morgan fingerprint density at radius 2 is 1.50 bits per heavy atom. The molecular weight excluding hydrogens is 288 g/mol. The van der Waals surface area contributed by atoms with Gasteiger partial charge in [0.2, 0.25) is 0 Å². The normalized spacial score (nSPS) is 11.2. The molecule has 0 aliphatic carbocycles. The van der Waals surface area contributed by atoms with Gasteiger partial charge in [0.05, 0.1) is 27.6 Å². The summed E-state index contributed by atoms with van der Waals surface area (Å²) in [6, 6.07) is 11.9. The van der Waals surface area contributed by atoms with Crippen LogP contribution in [0.1, 0.15) is 11.1 Å². The van der Waals surface area contributed by atoms with Crippen molar-refractivity contribution in [1.82, 2.24) is 0 Å². The van der Waals surface area contributed by atoms with Gasteiger partial charge in [-0.25, -0.2) is 0 Å². The highest BCUT2D eigenvalue weighted by Gasteiger charge is 2.17. The Bertz CT molecular complexity index is 755. The molecule has 0 amide bonds. The van der Waals surface area contributed by atoms with Crippen LogP contribution in [0, 0.1) is 20.2 Å². The summed E-state index contributed by atoms with van der Waals surface area (Å²) in [4.78, 5) is 21.0. The predicted octanol–water partition coefficient (Wildman–Crippen LogP) is 3.04. The standard InChI is InChI=1S/C15H12N2O5/c18-10-12(13-6-2-4-8-15(13)17(21)22)9-11-5-1-3-7-14(11)16(19)20/h1-9,18H,10H2/b12-9-. The Morgan fingerprint density at radius 3 is 2.09 bits per heavy atom. The van der Waals surface area contributed by atoms with E-state index >= 15 is 0 Å². The van der Waals surface area contributed by atoms with Crippen LogP contribution < -0.4 is 0 Å². The number of benzene rings is 2. The third kappa shape index (κ3) is 3.15. The van der Waals surface area contributed by atoms with Crippen LogP contribution in [0.2, 0.25) is 0 Å². The van der Waals surface area contributed by atoms with Gasteiger partial charge < -0.3 is 5.11 Å². The summed E-state index contributed by atoms with van der Waals surface area (Å²) in [6.07, 6.45) is 1.39. The van der Waals surface area contributed by atoms with Gasteiger partial charge in [-0.3, -0.25) is 20.2 Å². The molecule has 0 radical (unpaired) electrons. The van der Waals surface area contributed by atoms with E-state index in [1.54, 1.807) is 12.1 Å². The molecule has 0 aromatic heterocycles. The first kappa shape index (κ1) is 15.3. The number of hydrogen-bond acceptors (Lipinski definition) is 5. The molecule has 7 nitrogen and oxygen atoms in total. The maximum atomic E-state index is 11.1. The molecule has 0 aliphatic rings. The molecule has 112 valence electrons. The van der Waals surface area contributed by atoms with E-state index in [1.165, 1.54) is 42.5 Å². The lowest BCUT2D eigenvalue weighted by atomic mass is 10.0. The third-order valence-electron chi connectivity index (χ3n) is 3.08. The fourth-order valence-corrected chi connectivity index (χ4v) is 2.08. The minimum Gasteiger partial charge on any atom is -0.392 e. The van der Waals surface area contributed by atoms with Crippen LogP contribution in [0.3, 0.4) is 0 Å². The Labute approximate surface area is 125 Å². The van der Waals surface area contributed by atoms with E-state index in [1.807, 2.05) is 0 Å². The lowest BCUT2D eigenvalue weighted by Gasteiger charge is -2.06. The highest BCUT2D eigenvalue weighted by molar-refractivity contribution is 5.87. The van der Waals surface area contributed by atoms with Gasteiger partial charge in [0.25, 0.3) is 11.4 Å². The number of aliphatic hydroxyl groups excluding tert-OH is 1. The molecule has 2 aromatic carbocycles. The predicted molar refractivity (Wildman–Crippen MR) is 81.1 cm³/mol. The first-order chi connectivity index (χ1) is 10.5. The van der Waals surface area contributed by atoms with Crippen molar-refractivity contribution in [3.63, 3.8) is 0 Å². The number of hydrogen-bond donors (Lipinski definition) is 1. The van der Waals surface area contributed by atoms with E-state index in [9.17, 15) is 25.3 Å². The molecule has 7 heteroatoms. The van der Waals surface area contributed by atoms with Gasteiger partial charge in [-0.05, 0) is 23.8 Å². The molecule has 0 saturated heterocycles. The third-order valence-corrected chi connectivity index (χ3v) is 3.08. The average molecular weight is 300 g/mol. The lowest BCUT2D eigenvalue weighted by molar-refractivity contribution is -0.385. The van der Waals surface area contributed by atoms with Gasteiger partial charge in [0.1, 0.15) is 0 Å².